The molecule has 12 nitrogen and oxygen atoms in total. The van der Waals surface area contributed by atoms with E-state index in [1.165, 1.54) is 7.11 Å². The zero-order valence-electron chi connectivity index (χ0n) is 27.8. The first-order chi connectivity index (χ1) is 24.0. The second-order valence-electron chi connectivity index (χ2n) is 12.4. The number of nitrogens with zero attached hydrogens (tertiary/aromatic N) is 5. The molecule has 0 aliphatic carbocycles. The number of fused-ring (bicyclic) bond motifs is 3. The number of methoxy groups -OCH3 is 1. The normalized spacial score (nSPS) is 18.3. The number of hydrogen-bond donors (Lipinski definition) is 2. The van der Waals surface area contributed by atoms with Crippen molar-refractivity contribution in [2.45, 2.75) is 51.2 Å². The molecule has 1 aromatic heterocycles. The Balaban J connectivity index is 1.22. The van der Waals surface area contributed by atoms with E-state index in [0.29, 0.717) is 76.5 Å². The molecule has 6 rings (SSSR count). The maximum Gasteiger partial charge on any atom is 0.255 e. The molecule has 256 valence electrons. The Morgan fingerprint density at radius 2 is 1.71 bits per heavy atom. The molecular weight excluding hydrogens is 622 g/mol. The summed E-state index contributed by atoms with van der Waals surface area (Å²) in [5.74, 6) is 0.227. The summed E-state index contributed by atoms with van der Waals surface area (Å²) in [5.41, 5.74) is 4.12. The Bertz CT molecular complexity index is 1730. The van der Waals surface area contributed by atoms with E-state index in [1.54, 1.807) is 22.9 Å². The fourth-order valence-corrected chi connectivity index (χ4v) is 6.23. The van der Waals surface area contributed by atoms with Gasteiger partial charge in [-0.1, -0.05) is 53.7 Å². The van der Waals surface area contributed by atoms with Gasteiger partial charge in [0, 0.05) is 76.8 Å². The van der Waals surface area contributed by atoms with Crippen LogP contribution < -0.4 is 25.0 Å². The summed E-state index contributed by atoms with van der Waals surface area (Å²) in [4.78, 5) is 43.8. The van der Waals surface area contributed by atoms with Crippen LogP contribution in [0.25, 0.3) is 0 Å². The number of benzene rings is 3. The number of carbonyl (C=O) groups excluding carboxylic acids is 3. The van der Waals surface area contributed by atoms with E-state index in [-0.39, 0.29) is 17.4 Å². The first-order valence-corrected chi connectivity index (χ1v) is 16.9. The molecule has 3 amide bonds. The van der Waals surface area contributed by atoms with Crippen LogP contribution in [0.15, 0.2) is 79.0 Å². The molecule has 12 heteroatoms. The lowest BCUT2D eigenvalue weighted by atomic mass is 10.0. The summed E-state index contributed by atoms with van der Waals surface area (Å²) >= 11 is 0. The van der Waals surface area contributed by atoms with E-state index in [4.69, 9.17) is 9.47 Å². The Hall–Kier alpha value is -5.23. The summed E-state index contributed by atoms with van der Waals surface area (Å²) in [7, 11) is 1.53. The van der Waals surface area contributed by atoms with Gasteiger partial charge in [-0.25, -0.2) is 0 Å². The minimum Gasteiger partial charge on any atom is -0.493 e. The molecule has 4 aromatic rings. The quantitative estimate of drug-likeness (QED) is 0.321. The minimum atomic E-state index is -0.820. The van der Waals surface area contributed by atoms with Gasteiger partial charge in [-0.2, -0.15) is 0 Å². The van der Waals surface area contributed by atoms with Crippen LogP contribution >= 0.6 is 0 Å². The van der Waals surface area contributed by atoms with Gasteiger partial charge in [-0.15, -0.1) is 5.10 Å². The summed E-state index contributed by atoms with van der Waals surface area (Å²) in [5, 5.41) is 14.7. The third-order valence-corrected chi connectivity index (χ3v) is 8.85. The fraction of sp³-hybridized carbons (Fsp3) is 0.378. The predicted octanol–water partition coefficient (Wildman–Crippen LogP) is 3.40. The van der Waals surface area contributed by atoms with Crippen LogP contribution in [0, 0.1) is 0 Å². The van der Waals surface area contributed by atoms with Crippen molar-refractivity contribution in [1.82, 2.24) is 30.5 Å². The summed E-state index contributed by atoms with van der Waals surface area (Å²) < 4.78 is 13.4. The van der Waals surface area contributed by atoms with Crippen molar-refractivity contribution in [3.8, 4) is 11.5 Å². The molecule has 2 aliphatic rings. The van der Waals surface area contributed by atoms with Gasteiger partial charge in [-0.3, -0.25) is 24.0 Å². The van der Waals surface area contributed by atoms with E-state index >= 15 is 0 Å². The summed E-state index contributed by atoms with van der Waals surface area (Å²) in [6.45, 7) is 3.97. The van der Waals surface area contributed by atoms with Crippen molar-refractivity contribution < 1.29 is 23.9 Å². The van der Waals surface area contributed by atoms with Crippen molar-refractivity contribution in [2.75, 3.05) is 44.8 Å². The lowest BCUT2D eigenvalue weighted by Gasteiger charge is -2.24. The standard InChI is InChI=1S/C37H43N7O5/c1-48-33-11-5-10-31-35(33)49-23-7-19-43-26-29(40-41-43)17-21-42(25-28-13-15-30(16-14-28)44-20-6-12-34(44)45)22-18-38-37(47)32(39-36(31)46)24-27-8-3-2-4-9-27/h2-5,8-11,13-16,26,32H,6-7,12,17-25H2,1H3,(H,38,47)(H,39,46)/t32-/m0/s1. The molecule has 3 heterocycles. The van der Waals surface area contributed by atoms with Crippen LogP contribution in [0.1, 0.15) is 46.4 Å². The Morgan fingerprint density at radius 1 is 0.878 bits per heavy atom. The van der Waals surface area contributed by atoms with Gasteiger partial charge in [0.25, 0.3) is 5.91 Å². The molecule has 1 saturated heterocycles. The molecule has 3 aromatic carbocycles. The molecule has 0 spiro atoms. The number of carbonyl (C=O) groups is 3. The Kier molecular flexibility index (Phi) is 11.2. The van der Waals surface area contributed by atoms with Gasteiger partial charge < -0.3 is 25.0 Å². The van der Waals surface area contributed by atoms with Crippen molar-refractivity contribution in [3.63, 3.8) is 0 Å². The minimum absolute atomic E-state index is 0.165. The van der Waals surface area contributed by atoms with Crippen molar-refractivity contribution in [2.24, 2.45) is 0 Å². The van der Waals surface area contributed by atoms with E-state index in [0.717, 1.165) is 35.5 Å². The van der Waals surface area contributed by atoms with E-state index in [9.17, 15) is 14.4 Å². The van der Waals surface area contributed by atoms with Crippen molar-refractivity contribution >= 4 is 23.4 Å². The zero-order valence-corrected chi connectivity index (χ0v) is 27.8. The highest BCUT2D eigenvalue weighted by Crippen LogP contribution is 2.31. The smallest absolute Gasteiger partial charge is 0.255 e. The number of aryl methyl sites for hydroxylation is 1. The molecule has 2 bridgehead atoms. The lowest BCUT2D eigenvalue weighted by molar-refractivity contribution is -0.123. The maximum absolute atomic E-state index is 13.7. The molecule has 2 N–H and O–H groups in total. The van der Waals surface area contributed by atoms with Crippen LogP contribution in [0.5, 0.6) is 11.5 Å². The number of amides is 3. The highest BCUT2D eigenvalue weighted by atomic mass is 16.5. The number of aromatic nitrogens is 3. The largest absolute Gasteiger partial charge is 0.493 e. The van der Waals surface area contributed by atoms with Crippen LogP contribution in [-0.4, -0.2) is 83.6 Å². The average molecular weight is 666 g/mol. The maximum atomic E-state index is 13.7. The molecule has 49 heavy (non-hydrogen) atoms. The fourth-order valence-electron chi connectivity index (χ4n) is 6.23. The summed E-state index contributed by atoms with van der Waals surface area (Å²) in [6.07, 6.45) is 5.07. The number of anilines is 1. The average Bonchev–Trinajstić information content (AvgIpc) is 3.77. The predicted molar refractivity (Wildman–Crippen MR) is 185 cm³/mol. The second-order valence-corrected chi connectivity index (χ2v) is 12.4. The number of hydrogen-bond acceptors (Lipinski definition) is 8. The van der Waals surface area contributed by atoms with Gasteiger partial charge in [0.2, 0.25) is 11.8 Å². The van der Waals surface area contributed by atoms with Crippen LogP contribution in [0.2, 0.25) is 0 Å². The van der Waals surface area contributed by atoms with Crippen molar-refractivity contribution in [3.05, 3.63) is 101 Å². The third kappa shape index (κ3) is 8.82. The molecule has 1 fully saturated rings. The molecule has 0 radical (unpaired) electrons. The molecular formula is C37H43N7O5. The van der Waals surface area contributed by atoms with Crippen LogP contribution in [-0.2, 0) is 35.5 Å². The number of ether oxygens (including phenoxy) is 2. The topological polar surface area (TPSA) is 131 Å². The van der Waals surface area contributed by atoms with Crippen molar-refractivity contribution in [1.29, 1.82) is 0 Å². The molecule has 0 saturated carbocycles. The molecule has 0 unspecified atom stereocenters. The van der Waals surface area contributed by atoms with Gasteiger partial charge in [0.05, 0.1) is 25.0 Å². The third-order valence-electron chi connectivity index (χ3n) is 8.85. The van der Waals surface area contributed by atoms with Gasteiger partial charge >= 0.3 is 0 Å². The van der Waals surface area contributed by atoms with Gasteiger partial charge in [-0.05, 0) is 41.8 Å². The molecule has 2 aliphatic heterocycles. The lowest BCUT2D eigenvalue weighted by Crippen LogP contribution is -2.49. The van der Waals surface area contributed by atoms with Crippen LogP contribution in [0.3, 0.4) is 0 Å². The SMILES string of the molecule is COc1cccc2c1OCCCn1cc(nn1)CCN(Cc1ccc(N3CCCC3=O)cc1)CCNC(=O)[C@H](Cc1ccccc1)NC2=O. The first kappa shape index (κ1) is 33.7. The summed E-state index contributed by atoms with van der Waals surface area (Å²) in [6, 6.07) is 22.1. The van der Waals surface area contributed by atoms with E-state index in [2.05, 4.69) is 38.0 Å². The second kappa shape index (κ2) is 16.2. The number of nitrogens with one attached hydrogen (secondary N) is 2. The highest BCUT2D eigenvalue weighted by molar-refractivity contribution is 6.00. The molecule has 1 atom stereocenters. The number of para-hydroxylation sites is 1. The zero-order chi connectivity index (χ0) is 34.0. The first-order valence-electron chi connectivity index (χ1n) is 16.9. The van der Waals surface area contributed by atoms with Crippen LogP contribution in [0.4, 0.5) is 5.69 Å². The van der Waals surface area contributed by atoms with Gasteiger partial charge in [0.1, 0.15) is 6.04 Å². The van der Waals surface area contributed by atoms with Gasteiger partial charge in [0.15, 0.2) is 11.5 Å². The number of rotatable bonds is 6. The monoisotopic (exact) mass is 665 g/mol. The highest BCUT2D eigenvalue weighted by Gasteiger charge is 2.26. The van der Waals surface area contributed by atoms with E-state index in [1.807, 2.05) is 53.6 Å². The Morgan fingerprint density at radius 3 is 2.49 bits per heavy atom. The van der Waals surface area contributed by atoms with E-state index < -0.39 is 11.9 Å². The Labute approximate surface area is 286 Å².